The zero-order valence-corrected chi connectivity index (χ0v) is 10.7. The first kappa shape index (κ1) is 12.7. The SMILES string of the molecule is CCCn1nncc1C(NN)c1cccc(C)n1. The van der Waals surface area contributed by atoms with E-state index in [1.165, 1.54) is 0 Å². The second-order valence-electron chi connectivity index (χ2n) is 4.19. The van der Waals surface area contributed by atoms with Gasteiger partial charge in [-0.3, -0.25) is 10.8 Å². The van der Waals surface area contributed by atoms with Gasteiger partial charge in [0, 0.05) is 12.2 Å². The largest absolute Gasteiger partial charge is 0.270 e. The van der Waals surface area contributed by atoms with Crippen molar-refractivity contribution < 1.29 is 0 Å². The summed E-state index contributed by atoms with van der Waals surface area (Å²) in [5.41, 5.74) is 5.54. The molecular weight excluding hydrogens is 228 g/mol. The van der Waals surface area contributed by atoms with Crippen molar-refractivity contribution in [3.8, 4) is 0 Å². The van der Waals surface area contributed by atoms with Gasteiger partial charge in [0.15, 0.2) is 0 Å². The number of pyridine rings is 1. The number of nitrogens with two attached hydrogens (primary N) is 1. The molecule has 0 fully saturated rings. The highest BCUT2D eigenvalue weighted by Crippen LogP contribution is 2.18. The lowest BCUT2D eigenvalue weighted by molar-refractivity contribution is 0.506. The van der Waals surface area contributed by atoms with Crippen LogP contribution in [0.5, 0.6) is 0 Å². The molecule has 0 aliphatic carbocycles. The van der Waals surface area contributed by atoms with Crippen LogP contribution in [0.2, 0.25) is 0 Å². The molecule has 0 aliphatic heterocycles. The molecule has 18 heavy (non-hydrogen) atoms. The molecule has 0 saturated heterocycles. The third kappa shape index (κ3) is 2.55. The van der Waals surface area contributed by atoms with E-state index >= 15 is 0 Å². The van der Waals surface area contributed by atoms with Gasteiger partial charge < -0.3 is 0 Å². The van der Waals surface area contributed by atoms with Gasteiger partial charge in [-0.15, -0.1) is 5.10 Å². The van der Waals surface area contributed by atoms with Crippen molar-refractivity contribution in [3.05, 3.63) is 41.5 Å². The highest BCUT2D eigenvalue weighted by Gasteiger charge is 2.18. The maximum absolute atomic E-state index is 5.65. The van der Waals surface area contributed by atoms with Crippen LogP contribution >= 0.6 is 0 Å². The van der Waals surface area contributed by atoms with Crippen molar-refractivity contribution in [2.75, 3.05) is 0 Å². The van der Waals surface area contributed by atoms with E-state index in [4.69, 9.17) is 5.84 Å². The molecule has 96 valence electrons. The molecule has 6 heteroatoms. The lowest BCUT2D eigenvalue weighted by Gasteiger charge is -2.16. The number of nitrogens with zero attached hydrogens (tertiary/aromatic N) is 4. The number of hydrogen-bond acceptors (Lipinski definition) is 5. The molecule has 1 atom stereocenters. The second kappa shape index (κ2) is 5.70. The van der Waals surface area contributed by atoms with Gasteiger partial charge in [-0.2, -0.15) is 0 Å². The molecule has 6 nitrogen and oxygen atoms in total. The lowest BCUT2D eigenvalue weighted by atomic mass is 10.1. The fraction of sp³-hybridized carbons (Fsp3) is 0.417. The van der Waals surface area contributed by atoms with Crippen LogP contribution in [-0.4, -0.2) is 20.0 Å². The third-order valence-electron chi connectivity index (χ3n) is 2.75. The minimum absolute atomic E-state index is 0.188. The van der Waals surface area contributed by atoms with E-state index in [0.29, 0.717) is 0 Å². The van der Waals surface area contributed by atoms with Crippen LogP contribution < -0.4 is 11.3 Å². The molecule has 2 heterocycles. The third-order valence-corrected chi connectivity index (χ3v) is 2.75. The molecule has 0 spiro atoms. The topological polar surface area (TPSA) is 81.7 Å². The van der Waals surface area contributed by atoms with Crippen LogP contribution in [0.15, 0.2) is 24.4 Å². The van der Waals surface area contributed by atoms with Crippen LogP contribution in [0.25, 0.3) is 0 Å². The molecule has 1 unspecified atom stereocenters. The molecule has 0 bridgehead atoms. The standard InChI is InChI=1S/C12H18N6/c1-3-7-18-11(8-14-17-18)12(16-13)10-6-4-5-9(2)15-10/h4-6,8,12,16H,3,7,13H2,1-2H3. The Kier molecular flexibility index (Phi) is 4.01. The van der Waals surface area contributed by atoms with E-state index in [1.54, 1.807) is 6.20 Å². The van der Waals surface area contributed by atoms with Crippen LogP contribution in [0, 0.1) is 6.92 Å². The van der Waals surface area contributed by atoms with Crippen LogP contribution in [0.4, 0.5) is 0 Å². The molecule has 0 saturated carbocycles. The van der Waals surface area contributed by atoms with Gasteiger partial charge in [0.1, 0.15) is 6.04 Å². The average Bonchev–Trinajstić information content (AvgIpc) is 2.79. The summed E-state index contributed by atoms with van der Waals surface area (Å²) in [6.45, 7) is 4.87. The Balaban J connectivity index is 2.36. The first-order valence-corrected chi connectivity index (χ1v) is 6.04. The molecule has 2 aromatic rings. The number of aromatic nitrogens is 4. The van der Waals surface area contributed by atoms with Crippen molar-refractivity contribution >= 4 is 0 Å². The van der Waals surface area contributed by atoms with Crippen molar-refractivity contribution in [2.24, 2.45) is 5.84 Å². The summed E-state index contributed by atoms with van der Waals surface area (Å²) in [5, 5.41) is 8.01. The van der Waals surface area contributed by atoms with Gasteiger partial charge in [-0.05, 0) is 25.5 Å². The Morgan fingerprint density at radius 2 is 2.28 bits per heavy atom. The molecule has 3 N–H and O–H groups in total. The van der Waals surface area contributed by atoms with Crippen molar-refractivity contribution in [2.45, 2.75) is 32.9 Å². The van der Waals surface area contributed by atoms with E-state index in [0.717, 1.165) is 30.0 Å². The van der Waals surface area contributed by atoms with Gasteiger partial charge in [0.25, 0.3) is 0 Å². The number of hydrogen-bond donors (Lipinski definition) is 2. The summed E-state index contributed by atoms with van der Waals surface area (Å²) < 4.78 is 1.86. The monoisotopic (exact) mass is 246 g/mol. The van der Waals surface area contributed by atoms with Gasteiger partial charge in [-0.1, -0.05) is 18.2 Å². The maximum atomic E-state index is 5.65. The van der Waals surface area contributed by atoms with Crippen LogP contribution in [-0.2, 0) is 6.54 Å². The van der Waals surface area contributed by atoms with Crippen LogP contribution in [0.1, 0.15) is 36.5 Å². The van der Waals surface area contributed by atoms with Gasteiger partial charge >= 0.3 is 0 Å². The highest BCUT2D eigenvalue weighted by molar-refractivity contribution is 5.21. The Morgan fingerprint density at radius 1 is 1.44 bits per heavy atom. The number of nitrogens with one attached hydrogen (secondary N) is 1. The average molecular weight is 246 g/mol. The Bertz CT molecular complexity index is 507. The van der Waals surface area contributed by atoms with E-state index in [1.807, 2.05) is 29.8 Å². The van der Waals surface area contributed by atoms with Crippen molar-refractivity contribution in [1.82, 2.24) is 25.4 Å². The molecule has 0 radical (unpaired) electrons. The Hall–Kier alpha value is -1.79. The first-order chi connectivity index (χ1) is 8.76. The maximum Gasteiger partial charge on any atom is 0.106 e. The zero-order chi connectivity index (χ0) is 13.0. The van der Waals surface area contributed by atoms with Gasteiger partial charge in [-0.25, -0.2) is 10.1 Å². The summed E-state index contributed by atoms with van der Waals surface area (Å²) in [6.07, 6.45) is 2.72. The van der Waals surface area contributed by atoms with Crippen LogP contribution in [0.3, 0.4) is 0 Å². The van der Waals surface area contributed by atoms with Crippen molar-refractivity contribution in [3.63, 3.8) is 0 Å². The molecule has 2 rings (SSSR count). The van der Waals surface area contributed by atoms with Crippen molar-refractivity contribution in [1.29, 1.82) is 0 Å². The molecule has 2 aromatic heterocycles. The number of rotatable bonds is 5. The fourth-order valence-electron chi connectivity index (χ4n) is 1.92. The first-order valence-electron chi connectivity index (χ1n) is 6.04. The highest BCUT2D eigenvalue weighted by atomic mass is 15.4. The molecule has 0 aliphatic rings. The Morgan fingerprint density at radius 3 is 2.94 bits per heavy atom. The van der Waals surface area contributed by atoms with E-state index in [-0.39, 0.29) is 6.04 Å². The predicted molar refractivity (Wildman–Crippen MR) is 68.5 cm³/mol. The number of hydrazine groups is 1. The predicted octanol–water partition coefficient (Wildman–Crippen LogP) is 0.944. The minimum atomic E-state index is -0.188. The molecule has 0 amide bonds. The lowest BCUT2D eigenvalue weighted by Crippen LogP contribution is -2.31. The summed E-state index contributed by atoms with van der Waals surface area (Å²) >= 11 is 0. The second-order valence-corrected chi connectivity index (χ2v) is 4.19. The van der Waals surface area contributed by atoms with E-state index < -0.39 is 0 Å². The summed E-state index contributed by atoms with van der Waals surface area (Å²) in [7, 11) is 0. The minimum Gasteiger partial charge on any atom is -0.270 e. The Labute approximate surface area is 106 Å². The molecular formula is C12H18N6. The smallest absolute Gasteiger partial charge is 0.106 e. The van der Waals surface area contributed by atoms with E-state index in [9.17, 15) is 0 Å². The van der Waals surface area contributed by atoms with Gasteiger partial charge in [0.05, 0.1) is 17.6 Å². The zero-order valence-electron chi connectivity index (χ0n) is 10.7. The molecule has 0 aromatic carbocycles. The van der Waals surface area contributed by atoms with Gasteiger partial charge in [0.2, 0.25) is 0 Å². The normalized spacial score (nSPS) is 12.6. The summed E-state index contributed by atoms with van der Waals surface area (Å²) in [6, 6.07) is 5.68. The quantitative estimate of drug-likeness (QED) is 0.606. The summed E-state index contributed by atoms with van der Waals surface area (Å²) in [5.74, 6) is 5.65. The fourth-order valence-corrected chi connectivity index (χ4v) is 1.92. The van der Waals surface area contributed by atoms with E-state index in [2.05, 4.69) is 27.6 Å². The summed E-state index contributed by atoms with van der Waals surface area (Å²) in [4.78, 5) is 4.49. The number of aryl methyl sites for hydroxylation is 2.